The van der Waals surface area contributed by atoms with Gasteiger partial charge in [-0.3, -0.25) is 9.59 Å². The van der Waals surface area contributed by atoms with Gasteiger partial charge in [-0.05, 0) is 19.1 Å². The maximum atomic E-state index is 12.0. The summed E-state index contributed by atoms with van der Waals surface area (Å²) in [5, 5.41) is 12.2. The largest absolute Gasteiger partial charge is 0.507 e. The molecule has 2 aromatic heterocycles. The van der Waals surface area contributed by atoms with Crippen molar-refractivity contribution in [1.82, 2.24) is 9.55 Å². The van der Waals surface area contributed by atoms with E-state index in [0.717, 1.165) is 0 Å². The van der Waals surface area contributed by atoms with Crippen LogP contribution in [0.3, 0.4) is 0 Å². The van der Waals surface area contributed by atoms with Crippen LogP contribution < -0.4 is 10.9 Å². The molecule has 0 saturated heterocycles. The Bertz CT molecular complexity index is 678. The van der Waals surface area contributed by atoms with Crippen molar-refractivity contribution < 1.29 is 9.90 Å². The molecule has 98 valence electrons. The van der Waals surface area contributed by atoms with E-state index in [0.29, 0.717) is 11.5 Å². The van der Waals surface area contributed by atoms with Gasteiger partial charge in [0.1, 0.15) is 17.1 Å². The molecule has 0 aliphatic heterocycles. The average Bonchev–Trinajstić information content (AvgIpc) is 2.37. The number of aryl methyl sites for hydroxylation is 1. The molecule has 0 unspecified atom stereocenters. The van der Waals surface area contributed by atoms with Crippen LogP contribution in [0.4, 0.5) is 5.82 Å². The normalized spacial score (nSPS) is 10.2. The minimum absolute atomic E-state index is 0.293. The molecule has 2 heterocycles. The second-order valence-corrected chi connectivity index (χ2v) is 4.08. The average molecular weight is 259 g/mol. The van der Waals surface area contributed by atoms with Crippen molar-refractivity contribution in [2.75, 3.05) is 5.32 Å². The zero-order valence-electron chi connectivity index (χ0n) is 10.5. The SMILES string of the molecule is Cc1cc(O)c(C(=O)Nc2ccccn2)c(=O)n1C. The molecule has 2 N–H and O–H groups in total. The fourth-order valence-electron chi connectivity index (χ4n) is 1.63. The van der Waals surface area contributed by atoms with Crippen LogP contribution in [0, 0.1) is 6.92 Å². The molecular weight excluding hydrogens is 246 g/mol. The highest BCUT2D eigenvalue weighted by Gasteiger charge is 2.18. The first-order valence-corrected chi connectivity index (χ1v) is 5.62. The minimum Gasteiger partial charge on any atom is -0.507 e. The van der Waals surface area contributed by atoms with E-state index in [1.165, 1.54) is 23.9 Å². The summed E-state index contributed by atoms with van der Waals surface area (Å²) in [6.07, 6.45) is 1.52. The van der Waals surface area contributed by atoms with Crippen LogP contribution in [-0.4, -0.2) is 20.6 Å². The van der Waals surface area contributed by atoms with Gasteiger partial charge < -0.3 is 15.0 Å². The predicted octanol–water partition coefficient (Wildman–Crippen LogP) is 1.05. The number of hydrogen-bond donors (Lipinski definition) is 2. The molecule has 0 aliphatic carbocycles. The fraction of sp³-hybridized carbons (Fsp3) is 0.154. The number of rotatable bonds is 2. The van der Waals surface area contributed by atoms with E-state index >= 15 is 0 Å². The number of hydrogen-bond acceptors (Lipinski definition) is 4. The molecule has 6 nitrogen and oxygen atoms in total. The Labute approximate surface area is 109 Å². The van der Waals surface area contributed by atoms with Gasteiger partial charge in [0.25, 0.3) is 11.5 Å². The van der Waals surface area contributed by atoms with Crippen molar-refractivity contribution in [3.05, 3.63) is 52.1 Å². The third kappa shape index (κ3) is 2.47. The topological polar surface area (TPSA) is 84.2 Å². The quantitative estimate of drug-likeness (QED) is 0.844. The third-order valence-corrected chi connectivity index (χ3v) is 2.78. The van der Waals surface area contributed by atoms with Gasteiger partial charge in [0.2, 0.25) is 0 Å². The van der Waals surface area contributed by atoms with Crippen molar-refractivity contribution in [3.8, 4) is 5.75 Å². The molecule has 0 saturated carbocycles. The maximum Gasteiger partial charge on any atom is 0.267 e. The van der Waals surface area contributed by atoms with Gasteiger partial charge in [-0.15, -0.1) is 0 Å². The Kier molecular flexibility index (Phi) is 3.33. The van der Waals surface area contributed by atoms with Gasteiger partial charge in [-0.2, -0.15) is 0 Å². The van der Waals surface area contributed by atoms with Gasteiger partial charge in [-0.25, -0.2) is 4.98 Å². The van der Waals surface area contributed by atoms with E-state index < -0.39 is 11.5 Å². The van der Waals surface area contributed by atoms with E-state index in [4.69, 9.17) is 0 Å². The third-order valence-electron chi connectivity index (χ3n) is 2.78. The van der Waals surface area contributed by atoms with Gasteiger partial charge in [0, 0.05) is 25.0 Å². The number of aromatic nitrogens is 2. The molecule has 0 aromatic carbocycles. The highest BCUT2D eigenvalue weighted by molar-refractivity contribution is 6.05. The number of aromatic hydroxyl groups is 1. The second kappa shape index (κ2) is 4.93. The molecule has 0 aliphatic rings. The first-order valence-electron chi connectivity index (χ1n) is 5.62. The van der Waals surface area contributed by atoms with E-state index in [1.54, 1.807) is 25.1 Å². The van der Waals surface area contributed by atoms with Crippen molar-refractivity contribution >= 4 is 11.7 Å². The number of carbonyl (C=O) groups excluding carboxylic acids is 1. The standard InChI is InChI=1S/C13H13N3O3/c1-8-7-9(17)11(13(19)16(8)2)12(18)15-10-5-3-4-6-14-10/h3-7,17H,1-2H3,(H,14,15,18). The first-order chi connectivity index (χ1) is 9.00. The molecule has 2 aromatic rings. The molecule has 0 bridgehead atoms. The zero-order valence-corrected chi connectivity index (χ0v) is 10.5. The van der Waals surface area contributed by atoms with Crippen LogP contribution in [0.1, 0.15) is 16.1 Å². The van der Waals surface area contributed by atoms with Crippen LogP contribution in [0.15, 0.2) is 35.3 Å². The van der Waals surface area contributed by atoms with Crippen molar-refractivity contribution in [2.45, 2.75) is 6.92 Å². The Morgan fingerprint density at radius 2 is 2.16 bits per heavy atom. The molecular formula is C13H13N3O3. The van der Waals surface area contributed by atoms with Gasteiger partial charge in [0.15, 0.2) is 0 Å². The van der Waals surface area contributed by atoms with E-state index in [9.17, 15) is 14.7 Å². The molecule has 0 spiro atoms. The summed E-state index contributed by atoms with van der Waals surface area (Å²) in [5.41, 5.74) is -0.276. The number of anilines is 1. The molecule has 19 heavy (non-hydrogen) atoms. The van der Waals surface area contributed by atoms with Crippen molar-refractivity contribution in [1.29, 1.82) is 0 Å². The predicted molar refractivity (Wildman–Crippen MR) is 70.3 cm³/mol. The van der Waals surface area contributed by atoms with Crippen LogP contribution in [0.25, 0.3) is 0 Å². The summed E-state index contributed by atoms with van der Waals surface area (Å²) in [7, 11) is 1.54. The Morgan fingerprint density at radius 1 is 1.42 bits per heavy atom. The lowest BCUT2D eigenvalue weighted by molar-refractivity contribution is 0.102. The highest BCUT2D eigenvalue weighted by atomic mass is 16.3. The van der Waals surface area contributed by atoms with Gasteiger partial charge in [-0.1, -0.05) is 6.07 Å². The van der Waals surface area contributed by atoms with E-state index in [-0.39, 0.29) is 11.3 Å². The second-order valence-electron chi connectivity index (χ2n) is 4.08. The van der Waals surface area contributed by atoms with Crippen LogP contribution >= 0.6 is 0 Å². The summed E-state index contributed by atoms with van der Waals surface area (Å²) in [4.78, 5) is 27.9. The summed E-state index contributed by atoms with van der Waals surface area (Å²) < 4.78 is 1.30. The lowest BCUT2D eigenvalue weighted by Crippen LogP contribution is -2.29. The van der Waals surface area contributed by atoms with E-state index in [1.807, 2.05) is 0 Å². The van der Waals surface area contributed by atoms with Crippen LogP contribution in [-0.2, 0) is 7.05 Å². The van der Waals surface area contributed by atoms with Crippen LogP contribution in [0.2, 0.25) is 0 Å². The zero-order chi connectivity index (χ0) is 14.0. The lowest BCUT2D eigenvalue weighted by atomic mass is 10.2. The van der Waals surface area contributed by atoms with Gasteiger partial charge >= 0.3 is 0 Å². The first kappa shape index (κ1) is 12.8. The molecule has 6 heteroatoms. The molecule has 0 fully saturated rings. The fourth-order valence-corrected chi connectivity index (χ4v) is 1.63. The number of nitrogens with zero attached hydrogens (tertiary/aromatic N) is 2. The molecule has 1 amide bonds. The number of nitrogens with one attached hydrogen (secondary N) is 1. The molecule has 0 radical (unpaired) electrons. The highest BCUT2D eigenvalue weighted by Crippen LogP contribution is 2.15. The summed E-state index contributed by atoms with van der Waals surface area (Å²) >= 11 is 0. The van der Waals surface area contributed by atoms with Gasteiger partial charge in [0.05, 0.1) is 0 Å². The summed E-state index contributed by atoms with van der Waals surface area (Å²) in [6.45, 7) is 1.67. The monoisotopic (exact) mass is 259 g/mol. The Balaban J connectivity index is 2.40. The number of pyridine rings is 2. The summed E-state index contributed by atoms with van der Waals surface area (Å²) in [6, 6.07) is 6.37. The lowest BCUT2D eigenvalue weighted by Gasteiger charge is -2.09. The smallest absolute Gasteiger partial charge is 0.267 e. The van der Waals surface area contributed by atoms with Crippen molar-refractivity contribution in [3.63, 3.8) is 0 Å². The molecule has 2 rings (SSSR count). The van der Waals surface area contributed by atoms with Crippen LogP contribution in [0.5, 0.6) is 5.75 Å². The van der Waals surface area contributed by atoms with E-state index in [2.05, 4.69) is 10.3 Å². The maximum absolute atomic E-state index is 12.0. The molecule has 0 atom stereocenters. The number of amides is 1. The Hall–Kier alpha value is -2.63. The summed E-state index contributed by atoms with van der Waals surface area (Å²) in [5.74, 6) is -0.708. The Morgan fingerprint density at radius 3 is 2.79 bits per heavy atom. The number of carbonyl (C=O) groups is 1. The minimum atomic E-state index is -0.684. The van der Waals surface area contributed by atoms with Crippen molar-refractivity contribution in [2.24, 2.45) is 7.05 Å².